The zero-order valence-corrected chi connectivity index (χ0v) is 13.9. The van der Waals surface area contributed by atoms with Crippen LogP contribution in [0.4, 0.5) is 5.69 Å². The highest BCUT2D eigenvalue weighted by atomic mass is 16.5. The van der Waals surface area contributed by atoms with Crippen LogP contribution < -0.4 is 10.1 Å². The molecule has 0 amide bonds. The third-order valence-electron chi connectivity index (χ3n) is 4.37. The third kappa shape index (κ3) is 2.83. The molecule has 22 heavy (non-hydrogen) atoms. The van der Waals surface area contributed by atoms with E-state index in [2.05, 4.69) is 56.4 Å². The monoisotopic (exact) mass is 295 g/mol. The van der Waals surface area contributed by atoms with E-state index in [-0.39, 0.29) is 5.54 Å². The highest BCUT2D eigenvalue weighted by Gasteiger charge is 2.29. The predicted molar refractivity (Wildman–Crippen MR) is 93.8 cm³/mol. The predicted octanol–water partition coefficient (Wildman–Crippen LogP) is 5.45. The zero-order valence-electron chi connectivity index (χ0n) is 13.9. The molecule has 1 heterocycles. The lowest BCUT2D eigenvalue weighted by atomic mass is 9.81. The number of rotatable bonds is 3. The summed E-state index contributed by atoms with van der Waals surface area (Å²) in [6.45, 7) is 9.57. The first-order valence-corrected chi connectivity index (χ1v) is 8.14. The molecule has 0 radical (unpaired) electrons. The third-order valence-corrected chi connectivity index (χ3v) is 4.37. The molecule has 2 aromatic rings. The van der Waals surface area contributed by atoms with Crippen molar-refractivity contribution in [3.8, 4) is 16.9 Å². The molecule has 3 rings (SSSR count). The van der Waals surface area contributed by atoms with Crippen LogP contribution in [0.15, 0.2) is 42.5 Å². The summed E-state index contributed by atoms with van der Waals surface area (Å²) in [5, 5.41) is 3.65. The Labute approximate surface area is 133 Å². The summed E-state index contributed by atoms with van der Waals surface area (Å²) in [6, 6.07) is 15.0. The number of hydrogen-bond acceptors (Lipinski definition) is 2. The maximum absolute atomic E-state index is 5.78. The number of hydrogen-bond donors (Lipinski definition) is 1. The highest BCUT2D eigenvalue weighted by Crippen LogP contribution is 2.41. The quantitative estimate of drug-likeness (QED) is 0.813. The van der Waals surface area contributed by atoms with Gasteiger partial charge in [0.2, 0.25) is 0 Å². The summed E-state index contributed by atoms with van der Waals surface area (Å²) in [4.78, 5) is 0. The summed E-state index contributed by atoms with van der Waals surface area (Å²) in [5.74, 6) is 1.52. The Balaban J connectivity index is 2.03. The summed E-state index contributed by atoms with van der Waals surface area (Å²) < 4.78 is 5.78. The first-order valence-electron chi connectivity index (χ1n) is 8.14. The molecule has 2 heteroatoms. The van der Waals surface area contributed by atoms with Gasteiger partial charge in [0.05, 0.1) is 6.61 Å². The van der Waals surface area contributed by atoms with E-state index in [4.69, 9.17) is 4.74 Å². The Kier molecular flexibility index (Phi) is 3.86. The van der Waals surface area contributed by atoms with E-state index in [1.54, 1.807) is 0 Å². The van der Waals surface area contributed by atoms with Gasteiger partial charge in [0, 0.05) is 16.8 Å². The van der Waals surface area contributed by atoms with Crippen molar-refractivity contribution >= 4 is 5.69 Å². The fourth-order valence-electron chi connectivity index (χ4n) is 3.53. The Morgan fingerprint density at radius 1 is 1.18 bits per heavy atom. The van der Waals surface area contributed by atoms with Crippen molar-refractivity contribution in [1.82, 2.24) is 0 Å². The molecule has 0 saturated carbocycles. The van der Waals surface area contributed by atoms with E-state index >= 15 is 0 Å². The molecule has 0 aliphatic carbocycles. The Morgan fingerprint density at radius 3 is 2.73 bits per heavy atom. The molecule has 1 aliphatic rings. The minimum absolute atomic E-state index is 0.164. The van der Waals surface area contributed by atoms with Crippen LogP contribution in [0.25, 0.3) is 11.1 Å². The number of fused-ring (bicyclic) bond motifs is 1. The second-order valence-corrected chi connectivity index (χ2v) is 6.85. The summed E-state index contributed by atoms with van der Waals surface area (Å²) in [6.07, 6.45) is 1.15. The molecule has 0 aromatic heterocycles. The van der Waals surface area contributed by atoms with Gasteiger partial charge in [0.15, 0.2) is 0 Å². The minimum atomic E-state index is 0.164. The van der Waals surface area contributed by atoms with Gasteiger partial charge < -0.3 is 10.1 Å². The van der Waals surface area contributed by atoms with Crippen LogP contribution >= 0.6 is 0 Å². The van der Waals surface area contributed by atoms with Crippen LogP contribution in [0.5, 0.6) is 5.75 Å². The van der Waals surface area contributed by atoms with Crippen molar-refractivity contribution in [3.05, 3.63) is 48.0 Å². The van der Waals surface area contributed by atoms with Gasteiger partial charge in [-0.3, -0.25) is 0 Å². The number of ether oxygens (including phenoxy) is 1. The van der Waals surface area contributed by atoms with E-state index in [0.29, 0.717) is 12.5 Å². The van der Waals surface area contributed by atoms with Crippen molar-refractivity contribution in [1.29, 1.82) is 0 Å². The average molecular weight is 295 g/mol. The second kappa shape index (κ2) is 5.68. The van der Waals surface area contributed by atoms with E-state index in [1.165, 1.54) is 22.4 Å². The fraction of sp³-hybridized carbons (Fsp3) is 0.400. The van der Waals surface area contributed by atoms with E-state index < -0.39 is 0 Å². The van der Waals surface area contributed by atoms with Crippen molar-refractivity contribution in [2.45, 2.75) is 45.6 Å². The van der Waals surface area contributed by atoms with Crippen LogP contribution in [0, 0.1) is 0 Å². The largest absolute Gasteiger partial charge is 0.493 e. The molecule has 0 fully saturated rings. The van der Waals surface area contributed by atoms with Gasteiger partial charge in [-0.05, 0) is 62.4 Å². The first-order chi connectivity index (χ1) is 10.5. The number of anilines is 1. The van der Waals surface area contributed by atoms with Crippen LogP contribution in [-0.4, -0.2) is 12.1 Å². The van der Waals surface area contributed by atoms with E-state index in [9.17, 15) is 0 Å². The Hall–Kier alpha value is -1.96. The molecule has 1 unspecified atom stereocenters. The van der Waals surface area contributed by atoms with E-state index in [0.717, 1.165) is 12.2 Å². The van der Waals surface area contributed by atoms with Crippen LogP contribution in [0.3, 0.4) is 0 Å². The molecule has 2 aromatic carbocycles. The van der Waals surface area contributed by atoms with Crippen LogP contribution in [0.2, 0.25) is 0 Å². The SMILES string of the molecule is CCOc1ccccc1-c1ccc2c(c1)C(C)CC(C)(C)N2. The molecule has 0 spiro atoms. The smallest absolute Gasteiger partial charge is 0.127 e. The molecule has 1 aliphatic heterocycles. The lowest BCUT2D eigenvalue weighted by Gasteiger charge is -2.37. The standard InChI is InChI=1S/C20H25NO/c1-5-22-19-9-7-6-8-16(19)15-10-11-18-17(12-15)14(2)13-20(3,4)21-18/h6-12,14,21H,5,13H2,1-4H3. The molecule has 0 bridgehead atoms. The molecule has 116 valence electrons. The van der Waals surface area contributed by atoms with Gasteiger partial charge in [0.25, 0.3) is 0 Å². The van der Waals surface area contributed by atoms with Gasteiger partial charge >= 0.3 is 0 Å². The summed E-state index contributed by atoms with van der Waals surface area (Å²) in [5.41, 5.74) is 5.24. The zero-order chi connectivity index (χ0) is 15.7. The van der Waals surface area contributed by atoms with Crippen LogP contribution in [-0.2, 0) is 0 Å². The number of benzene rings is 2. The average Bonchev–Trinajstić information content (AvgIpc) is 2.47. The fourth-order valence-corrected chi connectivity index (χ4v) is 3.53. The Bertz CT molecular complexity index is 675. The summed E-state index contributed by atoms with van der Waals surface area (Å²) in [7, 11) is 0. The molecule has 1 atom stereocenters. The second-order valence-electron chi connectivity index (χ2n) is 6.85. The summed E-state index contributed by atoms with van der Waals surface area (Å²) >= 11 is 0. The van der Waals surface area contributed by atoms with Gasteiger partial charge in [-0.1, -0.05) is 31.2 Å². The van der Waals surface area contributed by atoms with Gasteiger partial charge in [0.1, 0.15) is 5.75 Å². The molecule has 0 saturated heterocycles. The van der Waals surface area contributed by atoms with Gasteiger partial charge in [-0.15, -0.1) is 0 Å². The maximum atomic E-state index is 5.78. The lowest BCUT2D eigenvalue weighted by Crippen LogP contribution is -2.36. The molecular formula is C20H25NO. The van der Waals surface area contributed by atoms with E-state index in [1.807, 2.05) is 19.1 Å². The Morgan fingerprint density at radius 2 is 1.95 bits per heavy atom. The molecule has 2 nitrogen and oxygen atoms in total. The van der Waals surface area contributed by atoms with Crippen molar-refractivity contribution in [2.24, 2.45) is 0 Å². The highest BCUT2D eigenvalue weighted by molar-refractivity contribution is 5.74. The molecular weight excluding hydrogens is 270 g/mol. The topological polar surface area (TPSA) is 21.3 Å². The maximum Gasteiger partial charge on any atom is 0.127 e. The van der Waals surface area contributed by atoms with Crippen molar-refractivity contribution < 1.29 is 4.74 Å². The lowest BCUT2D eigenvalue weighted by molar-refractivity contribution is 0.341. The number of para-hydroxylation sites is 1. The van der Waals surface area contributed by atoms with Gasteiger partial charge in [-0.25, -0.2) is 0 Å². The van der Waals surface area contributed by atoms with Crippen LogP contribution in [0.1, 0.15) is 45.6 Å². The van der Waals surface area contributed by atoms with Crippen molar-refractivity contribution in [2.75, 3.05) is 11.9 Å². The first kappa shape index (κ1) is 15.0. The minimum Gasteiger partial charge on any atom is -0.493 e. The van der Waals surface area contributed by atoms with Crippen molar-refractivity contribution in [3.63, 3.8) is 0 Å². The molecule has 1 N–H and O–H groups in total. The normalized spacial score (nSPS) is 19.2. The van der Waals surface area contributed by atoms with Gasteiger partial charge in [-0.2, -0.15) is 0 Å². The number of nitrogens with one attached hydrogen (secondary N) is 1.